The molecule has 0 aliphatic rings. The van der Waals surface area contributed by atoms with Gasteiger partial charge in [0.25, 0.3) is 0 Å². The van der Waals surface area contributed by atoms with Crippen molar-refractivity contribution in [1.82, 2.24) is 4.98 Å². The van der Waals surface area contributed by atoms with Crippen LogP contribution >= 0.6 is 11.6 Å². The van der Waals surface area contributed by atoms with Crippen LogP contribution < -0.4 is 10.6 Å². The fraction of sp³-hybridized carbons (Fsp3) is 0.500. The van der Waals surface area contributed by atoms with Crippen LogP contribution in [0.4, 0.5) is 11.5 Å². The van der Waals surface area contributed by atoms with E-state index in [1.807, 2.05) is 4.90 Å². The van der Waals surface area contributed by atoms with Crippen LogP contribution in [0.3, 0.4) is 0 Å². The Labute approximate surface area is 107 Å². The van der Waals surface area contributed by atoms with Gasteiger partial charge in [-0.3, -0.25) is 0 Å². The second-order valence-corrected chi connectivity index (χ2v) is 4.72. The number of rotatable bonds is 5. The molecule has 4 nitrogen and oxygen atoms in total. The highest BCUT2D eigenvalue weighted by atomic mass is 35.5. The van der Waals surface area contributed by atoms with E-state index in [0.717, 1.165) is 12.4 Å². The van der Waals surface area contributed by atoms with E-state index in [-0.39, 0.29) is 0 Å². The van der Waals surface area contributed by atoms with Crippen molar-refractivity contribution < 1.29 is 0 Å². The summed E-state index contributed by atoms with van der Waals surface area (Å²) in [4.78, 5) is 6.28. The number of aromatic nitrogens is 1. The Bertz CT molecular complexity index is 391. The Morgan fingerprint density at radius 2 is 2.24 bits per heavy atom. The Balaban J connectivity index is 2.91. The molecule has 1 rings (SSSR count). The summed E-state index contributed by atoms with van der Waals surface area (Å²) >= 11 is 5.88. The third kappa shape index (κ3) is 4.49. The smallest absolute Gasteiger partial charge is 0.133 e. The van der Waals surface area contributed by atoms with Crippen molar-refractivity contribution in [3.05, 3.63) is 17.3 Å². The summed E-state index contributed by atoms with van der Waals surface area (Å²) in [7, 11) is 0. The zero-order chi connectivity index (χ0) is 12.8. The molecule has 0 bridgehead atoms. The van der Waals surface area contributed by atoms with E-state index in [4.69, 9.17) is 22.6 Å². The van der Waals surface area contributed by atoms with Crippen LogP contribution in [-0.4, -0.2) is 18.1 Å². The van der Waals surface area contributed by atoms with Gasteiger partial charge in [-0.25, -0.2) is 4.98 Å². The van der Waals surface area contributed by atoms with Crippen molar-refractivity contribution in [2.45, 2.75) is 20.3 Å². The predicted octanol–water partition coefficient (Wildman–Crippen LogP) is 2.69. The minimum Gasteiger partial charge on any atom is -0.399 e. The minimum absolute atomic E-state index is 0.380. The first-order valence-electron chi connectivity index (χ1n) is 5.58. The van der Waals surface area contributed by atoms with Gasteiger partial charge >= 0.3 is 0 Å². The molecule has 0 aliphatic carbocycles. The maximum absolute atomic E-state index is 8.66. The van der Waals surface area contributed by atoms with E-state index in [1.165, 1.54) is 0 Å². The fourth-order valence-electron chi connectivity index (χ4n) is 1.59. The second-order valence-electron chi connectivity index (χ2n) is 4.33. The largest absolute Gasteiger partial charge is 0.399 e. The number of pyridine rings is 1. The molecule has 0 fully saturated rings. The van der Waals surface area contributed by atoms with Gasteiger partial charge in [0.15, 0.2) is 0 Å². The lowest BCUT2D eigenvalue weighted by Crippen LogP contribution is -2.29. The number of anilines is 2. The normalized spacial score (nSPS) is 10.3. The topological polar surface area (TPSA) is 65.9 Å². The van der Waals surface area contributed by atoms with Gasteiger partial charge in [-0.05, 0) is 12.0 Å². The average Bonchev–Trinajstić information content (AvgIpc) is 2.22. The van der Waals surface area contributed by atoms with Gasteiger partial charge in [-0.1, -0.05) is 25.4 Å². The van der Waals surface area contributed by atoms with Gasteiger partial charge in [0.2, 0.25) is 0 Å². The summed E-state index contributed by atoms with van der Waals surface area (Å²) in [6, 6.07) is 5.53. The zero-order valence-electron chi connectivity index (χ0n) is 10.2. The molecule has 0 spiro atoms. The molecule has 17 heavy (non-hydrogen) atoms. The SMILES string of the molecule is CC(C)CN(CCC#N)c1cc(N)cc(Cl)n1. The van der Waals surface area contributed by atoms with E-state index in [1.54, 1.807) is 12.1 Å². The molecular weight excluding hydrogens is 236 g/mol. The van der Waals surface area contributed by atoms with Crippen molar-refractivity contribution >= 4 is 23.1 Å². The molecule has 0 unspecified atom stereocenters. The lowest BCUT2D eigenvalue weighted by atomic mass is 10.2. The van der Waals surface area contributed by atoms with E-state index >= 15 is 0 Å². The second kappa shape index (κ2) is 6.31. The third-order valence-electron chi connectivity index (χ3n) is 2.21. The van der Waals surface area contributed by atoms with E-state index < -0.39 is 0 Å². The molecule has 5 heteroatoms. The van der Waals surface area contributed by atoms with Crippen LogP contribution in [0.5, 0.6) is 0 Å². The van der Waals surface area contributed by atoms with Gasteiger partial charge in [-0.15, -0.1) is 0 Å². The van der Waals surface area contributed by atoms with Crippen molar-refractivity contribution in [2.24, 2.45) is 5.92 Å². The molecule has 2 N–H and O–H groups in total. The highest BCUT2D eigenvalue weighted by Gasteiger charge is 2.11. The van der Waals surface area contributed by atoms with E-state index in [2.05, 4.69) is 24.9 Å². The van der Waals surface area contributed by atoms with Crippen LogP contribution in [0.15, 0.2) is 12.1 Å². The Hall–Kier alpha value is -1.47. The summed E-state index contributed by atoms with van der Waals surface area (Å²) in [6.07, 6.45) is 0.459. The minimum atomic E-state index is 0.380. The van der Waals surface area contributed by atoms with Crippen LogP contribution in [0.25, 0.3) is 0 Å². The zero-order valence-corrected chi connectivity index (χ0v) is 10.9. The molecule has 1 heterocycles. The monoisotopic (exact) mass is 252 g/mol. The number of nitrogen functional groups attached to an aromatic ring is 1. The van der Waals surface area contributed by atoms with Gasteiger partial charge in [0.05, 0.1) is 12.5 Å². The summed E-state index contributed by atoms with van der Waals surface area (Å²) in [5.74, 6) is 1.22. The molecule has 0 aliphatic heterocycles. The Morgan fingerprint density at radius 1 is 1.53 bits per heavy atom. The maximum atomic E-state index is 8.66. The molecule has 0 atom stereocenters. The van der Waals surface area contributed by atoms with Gasteiger partial charge < -0.3 is 10.6 Å². The highest BCUT2D eigenvalue weighted by molar-refractivity contribution is 6.29. The summed E-state index contributed by atoms with van der Waals surface area (Å²) < 4.78 is 0. The summed E-state index contributed by atoms with van der Waals surface area (Å²) in [5, 5.41) is 9.04. The predicted molar refractivity (Wildman–Crippen MR) is 70.9 cm³/mol. The molecule has 0 amide bonds. The summed E-state index contributed by atoms with van der Waals surface area (Å²) in [5.41, 5.74) is 6.33. The van der Waals surface area contributed by atoms with Crippen LogP contribution in [0.1, 0.15) is 20.3 Å². The third-order valence-corrected chi connectivity index (χ3v) is 2.40. The average molecular weight is 253 g/mol. The first-order chi connectivity index (χ1) is 8.02. The number of nitrogens with zero attached hydrogens (tertiary/aromatic N) is 3. The molecular formula is C12H17ClN4. The highest BCUT2D eigenvalue weighted by Crippen LogP contribution is 2.20. The maximum Gasteiger partial charge on any atom is 0.133 e. The quantitative estimate of drug-likeness (QED) is 0.819. The molecule has 0 saturated heterocycles. The first kappa shape index (κ1) is 13.6. The molecule has 0 radical (unpaired) electrons. The lowest BCUT2D eigenvalue weighted by Gasteiger charge is -2.25. The van der Waals surface area contributed by atoms with Crippen LogP contribution in [0, 0.1) is 17.2 Å². The molecule has 1 aromatic heterocycles. The fourth-order valence-corrected chi connectivity index (χ4v) is 1.80. The van der Waals surface area contributed by atoms with Gasteiger partial charge in [-0.2, -0.15) is 5.26 Å². The summed E-state index contributed by atoms with van der Waals surface area (Å²) in [6.45, 7) is 5.70. The molecule has 92 valence electrons. The standard InChI is InChI=1S/C12H17ClN4/c1-9(2)8-17(5-3-4-14)12-7-10(15)6-11(13)16-12/h6-7,9H,3,5,8H2,1-2H3,(H2,15,16). The Morgan fingerprint density at radius 3 is 2.76 bits per heavy atom. The number of halogens is 1. The van der Waals surface area contributed by atoms with Crippen LogP contribution in [0.2, 0.25) is 5.15 Å². The first-order valence-corrected chi connectivity index (χ1v) is 5.95. The number of hydrogen-bond acceptors (Lipinski definition) is 4. The van der Waals surface area contributed by atoms with Crippen molar-refractivity contribution in [3.8, 4) is 6.07 Å². The number of hydrogen-bond donors (Lipinski definition) is 1. The molecule has 1 aromatic rings. The van der Waals surface area contributed by atoms with Crippen molar-refractivity contribution in [2.75, 3.05) is 23.7 Å². The number of nitrogens with two attached hydrogens (primary N) is 1. The van der Waals surface area contributed by atoms with E-state index in [0.29, 0.717) is 29.7 Å². The lowest BCUT2D eigenvalue weighted by molar-refractivity contribution is 0.608. The molecule has 0 aromatic carbocycles. The van der Waals surface area contributed by atoms with Crippen LogP contribution in [-0.2, 0) is 0 Å². The van der Waals surface area contributed by atoms with Gasteiger partial charge in [0, 0.05) is 24.8 Å². The van der Waals surface area contributed by atoms with Crippen molar-refractivity contribution in [1.29, 1.82) is 5.26 Å². The molecule has 0 saturated carbocycles. The number of nitriles is 1. The van der Waals surface area contributed by atoms with Crippen molar-refractivity contribution in [3.63, 3.8) is 0 Å². The van der Waals surface area contributed by atoms with E-state index in [9.17, 15) is 0 Å². The van der Waals surface area contributed by atoms with Gasteiger partial charge in [0.1, 0.15) is 11.0 Å². The Kier molecular flexibility index (Phi) is 5.05.